The number of nitrogens with one attached hydrogen (secondary N) is 4. The van der Waals surface area contributed by atoms with E-state index in [4.69, 9.17) is 5.73 Å². The summed E-state index contributed by atoms with van der Waals surface area (Å²) in [5.74, 6) is -3.27. The third-order valence-electron chi connectivity index (χ3n) is 6.57. The first-order valence-electron chi connectivity index (χ1n) is 12.8. The molecule has 0 heterocycles. The van der Waals surface area contributed by atoms with Gasteiger partial charge in [-0.3, -0.25) is 24.0 Å². The lowest BCUT2D eigenvalue weighted by molar-refractivity contribution is -0.135. The minimum absolute atomic E-state index is 0.167. The Hall–Kier alpha value is -3.95. The fourth-order valence-electron chi connectivity index (χ4n) is 4.09. The SMILES string of the molecule is CC[C@H](C)C(NC(C)=O)C(=O)NC(C(=O)NC(C(=O)N[C@H](C)C(N)=O)c1cccc2ccccc12)C(C)C. The lowest BCUT2D eigenvalue weighted by atomic mass is 9.95. The van der Waals surface area contributed by atoms with Crippen LogP contribution in [0, 0.1) is 11.8 Å². The maximum absolute atomic E-state index is 13.6. The van der Waals surface area contributed by atoms with E-state index in [1.54, 1.807) is 26.0 Å². The largest absolute Gasteiger partial charge is 0.368 e. The number of hydrogen-bond donors (Lipinski definition) is 5. The molecule has 0 radical (unpaired) electrons. The van der Waals surface area contributed by atoms with Crippen LogP contribution in [0.5, 0.6) is 0 Å². The molecule has 6 N–H and O–H groups in total. The van der Waals surface area contributed by atoms with E-state index in [0.717, 1.165) is 10.8 Å². The lowest BCUT2D eigenvalue weighted by Crippen LogP contribution is -2.58. The summed E-state index contributed by atoms with van der Waals surface area (Å²) in [6.07, 6.45) is 0.637. The van der Waals surface area contributed by atoms with Crippen LogP contribution in [-0.4, -0.2) is 47.7 Å². The van der Waals surface area contributed by atoms with Crippen molar-refractivity contribution in [2.45, 2.75) is 72.1 Å². The molecule has 2 rings (SSSR count). The highest BCUT2D eigenvalue weighted by Crippen LogP contribution is 2.25. The molecule has 0 saturated carbocycles. The van der Waals surface area contributed by atoms with Crippen LogP contribution in [0.25, 0.3) is 10.8 Å². The first kappa shape index (κ1) is 30.3. The topological polar surface area (TPSA) is 159 Å². The molecular formula is C28H39N5O5. The average molecular weight is 526 g/mol. The molecule has 0 bridgehead atoms. The standard InChI is InChI=1S/C28H39N5O5/c1-7-16(4)23(31-18(6)34)27(37)32-22(15(2)3)26(36)33-24(28(38)30-17(5)25(29)35)21-14-10-12-19-11-8-9-13-20(19)21/h8-17,22-24H,7H2,1-6H3,(H2,29,35)(H,30,38)(H,31,34)(H,32,37)(H,33,36)/t16-,17+,22?,23?,24?/m0/s1. The summed E-state index contributed by atoms with van der Waals surface area (Å²) in [7, 11) is 0. The summed E-state index contributed by atoms with van der Waals surface area (Å²) in [5, 5.41) is 12.4. The van der Waals surface area contributed by atoms with Gasteiger partial charge in [0.15, 0.2) is 0 Å². The van der Waals surface area contributed by atoms with Crippen LogP contribution in [0.2, 0.25) is 0 Å². The summed E-state index contributed by atoms with van der Waals surface area (Å²) in [4.78, 5) is 63.4. The molecule has 0 aromatic heterocycles. The number of nitrogens with two attached hydrogens (primary N) is 1. The van der Waals surface area contributed by atoms with Crippen LogP contribution in [-0.2, 0) is 24.0 Å². The van der Waals surface area contributed by atoms with E-state index in [1.807, 2.05) is 44.2 Å². The highest BCUT2D eigenvalue weighted by Gasteiger charge is 2.34. The zero-order valence-corrected chi connectivity index (χ0v) is 22.8. The Labute approximate surface area is 223 Å². The van der Waals surface area contributed by atoms with Gasteiger partial charge in [-0.1, -0.05) is 76.6 Å². The van der Waals surface area contributed by atoms with E-state index in [-0.39, 0.29) is 17.7 Å². The fraction of sp³-hybridized carbons (Fsp3) is 0.464. The Balaban J connectivity index is 2.42. The summed E-state index contributed by atoms with van der Waals surface area (Å²) in [6, 6.07) is 8.83. The van der Waals surface area contributed by atoms with Crippen molar-refractivity contribution in [3.63, 3.8) is 0 Å². The molecule has 5 atom stereocenters. The second-order valence-corrected chi connectivity index (χ2v) is 9.94. The van der Waals surface area contributed by atoms with E-state index in [9.17, 15) is 24.0 Å². The minimum atomic E-state index is -1.17. The second-order valence-electron chi connectivity index (χ2n) is 9.94. The van der Waals surface area contributed by atoms with E-state index in [0.29, 0.717) is 12.0 Å². The van der Waals surface area contributed by atoms with Crippen LogP contribution in [0.1, 0.15) is 59.6 Å². The fourth-order valence-corrected chi connectivity index (χ4v) is 4.09. The summed E-state index contributed by atoms with van der Waals surface area (Å²) in [5.41, 5.74) is 5.86. The third kappa shape index (κ3) is 7.77. The van der Waals surface area contributed by atoms with Crippen molar-refractivity contribution >= 4 is 40.3 Å². The van der Waals surface area contributed by atoms with Gasteiger partial charge in [-0.05, 0) is 35.1 Å². The Morgan fingerprint density at radius 3 is 1.95 bits per heavy atom. The van der Waals surface area contributed by atoms with Crippen molar-refractivity contribution in [2.24, 2.45) is 17.6 Å². The first-order valence-corrected chi connectivity index (χ1v) is 12.8. The molecule has 0 spiro atoms. The van der Waals surface area contributed by atoms with Crippen molar-refractivity contribution in [3.05, 3.63) is 48.0 Å². The Bertz CT molecular complexity index is 1180. The molecule has 206 valence electrons. The van der Waals surface area contributed by atoms with Crippen molar-refractivity contribution < 1.29 is 24.0 Å². The van der Waals surface area contributed by atoms with Gasteiger partial charge in [-0.25, -0.2) is 0 Å². The Kier molecular flexibility index (Phi) is 10.8. The number of carbonyl (C=O) groups excluding carboxylic acids is 5. The van der Waals surface area contributed by atoms with Crippen molar-refractivity contribution in [1.29, 1.82) is 0 Å². The van der Waals surface area contributed by atoms with Gasteiger partial charge in [0, 0.05) is 6.92 Å². The van der Waals surface area contributed by atoms with Crippen molar-refractivity contribution in [2.75, 3.05) is 0 Å². The highest BCUT2D eigenvalue weighted by molar-refractivity contribution is 5.98. The minimum Gasteiger partial charge on any atom is -0.368 e. The monoisotopic (exact) mass is 525 g/mol. The van der Waals surface area contributed by atoms with E-state index < -0.39 is 47.8 Å². The number of benzene rings is 2. The van der Waals surface area contributed by atoms with Gasteiger partial charge >= 0.3 is 0 Å². The van der Waals surface area contributed by atoms with Crippen LogP contribution >= 0.6 is 0 Å². The van der Waals surface area contributed by atoms with Crippen LogP contribution < -0.4 is 27.0 Å². The van der Waals surface area contributed by atoms with Gasteiger partial charge < -0.3 is 27.0 Å². The average Bonchev–Trinajstić information content (AvgIpc) is 2.87. The van der Waals surface area contributed by atoms with Crippen LogP contribution in [0.3, 0.4) is 0 Å². The molecule has 0 saturated heterocycles. The smallest absolute Gasteiger partial charge is 0.247 e. The predicted molar refractivity (Wildman–Crippen MR) is 145 cm³/mol. The van der Waals surface area contributed by atoms with Gasteiger partial charge in [-0.15, -0.1) is 0 Å². The lowest BCUT2D eigenvalue weighted by Gasteiger charge is -2.29. The quantitative estimate of drug-likeness (QED) is 0.285. The number of fused-ring (bicyclic) bond motifs is 1. The molecule has 10 heteroatoms. The van der Waals surface area contributed by atoms with Crippen molar-refractivity contribution in [3.8, 4) is 0 Å². The van der Waals surface area contributed by atoms with Gasteiger partial charge in [0.2, 0.25) is 29.5 Å². The molecule has 2 aromatic rings. The van der Waals surface area contributed by atoms with E-state index in [1.165, 1.54) is 13.8 Å². The van der Waals surface area contributed by atoms with Gasteiger partial charge in [0.25, 0.3) is 0 Å². The normalized spacial score (nSPS) is 15.0. The van der Waals surface area contributed by atoms with Crippen LogP contribution in [0.4, 0.5) is 0 Å². The third-order valence-corrected chi connectivity index (χ3v) is 6.57. The van der Waals surface area contributed by atoms with E-state index in [2.05, 4.69) is 21.3 Å². The zero-order chi connectivity index (χ0) is 28.6. The molecule has 0 aliphatic carbocycles. The first-order chi connectivity index (χ1) is 17.9. The van der Waals surface area contributed by atoms with Crippen molar-refractivity contribution in [1.82, 2.24) is 21.3 Å². The molecule has 0 fully saturated rings. The molecule has 0 aliphatic rings. The molecule has 2 aromatic carbocycles. The number of carbonyl (C=O) groups is 5. The summed E-state index contributed by atoms with van der Waals surface area (Å²) in [6.45, 7) is 10.1. The molecule has 3 unspecified atom stereocenters. The van der Waals surface area contributed by atoms with Gasteiger partial charge in [-0.2, -0.15) is 0 Å². The van der Waals surface area contributed by atoms with E-state index >= 15 is 0 Å². The molecule has 38 heavy (non-hydrogen) atoms. The maximum atomic E-state index is 13.6. The zero-order valence-electron chi connectivity index (χ0n) is 22.8. The highest BCUT2D eigenvalue weighted by atomic mass is 16.2. The second kappa shape index (κ2) is 13.6. The summed E-state index contributed by atoms with van der Waals surface area (Å²) >= 11 is 0. The Morgan fingerprint density at radius 2 is 1.37 bits per heavy atom. The number of amides is 5. The van der Waals surface area contributed by atoms with Gasteiger partial charge in [0.05, 0.1) is 0 Å². The van der Waals surface area contributed by atoms with Crippen LogP contribution in [0.15, 0.2) is 42.5 Å². The number of hydrogen-bond acceptors (Lipinski definition) is 5. The molecule has 5 amide bonds. The summed E-state index contributed by atoms with van der Waals surface area (Å²) < 4.78 is 0. The maximum Gasteiger partial charge on any atom is 0.247 e. The Morgan fingerprint density at radius 1 is 0.763 bits per heavy atom. The molecule has 0 aliphatic heterocycles. The molecule has 10 nitrogen and oxygen atoms in total. The number of primary amides is 1. The molecular weight excluding hydrogens is 486 g/mol. The van der Waals surface area contributed by atoms with Gasteiger partial charge in [0.1, 0.15) is 24.2 Å². The predicted octanol–water partition coefficient (Wildman–Crippen LogP) is 1.68. The number of rotatable bonds is 12.